The Balaban J connectivity index is 0.000000561. The van der Waals surface area contributed by atoms with Crippen molar-refractivity contribution in [2.75, 3.05) is 13.1 Å². The molecule has 0 aromatic heterocycles. The van der Waals surface area contributed by atoms with Crippen molar-refractivity contribution < 1.29 is 0 Å². The second kappa shape index (κ2) is 5.51. The summed E-state index contributed by atoms with van der Waals surface area (Å²) < 4.78 is 0. The summed E-state index contributed by atoms with van der Waals surface area (Å²) in [6.07, 6.45) is 1.52. The Morgan fingerprint density at radius 3 is 2.42 bits per heavy atom. The third kappa shape index (κ3) is 3.52. The topological polar surface area (TPSA) is 50.1 Å². The third-order valence-corrected chi connectivity index (χ3v) is 2.14. The summed E-state index contributed by atoms with van der Waals surface area (Å²) in [5, 5.41) is 6.71. The number of nitrogens with one attached hydrogen (secondary N) is 2. The molecule has 2 unspecified atom stereocenters. The van der Waals surface area contributed by atoms with Crippen LogP contribution < -0.4 is 16.4 Å². The quantitative estimate of drug-likeness (QED) is 0.546. The van der Waals surface area contributed by atoms with Crippen LogP contribution in [-0.4, -0.2) is 24.8 Å². The lowest BCUT2D eigenvalue weighted by Gasteiger charge is -2.38. The van der Waals surface area contributed by atoms with Gasteiger partial charge in [0.15, 0.2) is 0 Å². The molecular formula is C9H23N3. The van der Waals surface area contributed by atoms with Crippen LogP contribution in [0.15, 0.2) is 0 Å². The number of rotatable bonds is 1. The van der Waals surface area contributed by atoms with Crippen molar-refractivity contribution in [1.82, 2.24) is 10.6 Å². The first kappa shape index (κ1) is 11.9. The van der Waals surface area contributed by atoms with Crippen LogP contribution in [-0.2, 0) is 0 Å². The fraction of sp³-hybridized carbons (Fsp3) is 1.00. The zero-order chi connectivity index (χ0) is 9.61. The van der Waals surface area contributed by atoms with Crippen molar-refractivity contribution in [2.45, 2.75) is 45.8 Å². The zero-order valence-electron chi connectivity index (χ0n) is 8.78. The van der Waals surface area contributed by atoms with E-state index < -0.39 is 0 Å². The Morgan fingerprint density at radius 1 is 1.50 bits per heavy atom. The Morgan fingerprint density at radius 2 is 2.08 bits per heavy atom. The van der Waals surface area contributed by atoms with Gasteiger partial charge in [0.05, 0.1) is 6.17 Å². The highest BCUT2D eigenvalue weighted by Crippen LogP contribution is 2.10. The van der Waals surface area contributed by atoms with Gasteiger partial charge in [-0.05, 0) is 26.8 Å². The van der Waals surface area contributed by atoms with Gasteiger partial charge in [0, 0.05) is 12.1 Å². The minimum atomic E-state index is 0.157. The molecule has 0 amide bonds. The molecule has 1 heterocycles. The smallest absolute Gasteiger partial charge is 0.0547 e. The second-order valence-corrected chi connectivity index (χ2v) is 3.33. The highest BCUT2D eigenvalue weighted by molar-refractivity contribution is 4.90. The first-order chi connectivity index (χ1) is 5.66. The summed E-state index contributed by atoms with van der Waals surface area (Å²) in [6, 6.07) is 0. The molecule has 1 aliphatic heterocycles. The Labute approximate surface area is 76.1 Å². The first-order valence-electron chi connectivity index (χ1n) is 4.87. The maximum absolute atomic E-state index is 5.61. The van der Waals surface area contributed by atoms with Gasteiger partial charge in [-0.25, -0.2) is 0 Å². The highest BCUT2D eigenvalue weighted by Gasteiger charge is 2.27. The van der Waals surface area contributed by atoms with Crippen LogP contribution in [0.5, 0.6) is 0 Å². The number of hydrogen-bond donors (Lipinski definition) is 3. The molecule has 3 nitrogen and oxygen atoms in total. The average Bonchev–Trinajstić information content (AvgIpc) is 2.08. The largest absolute Gasteiger partial charge is 0.329 e. The summed E-state index contributed by atoms with van der Waals surface area (Å²) in [7, 11) is 0. The van der Waals surface area contributed by atoms with Crippen molar-refractivity contribution >= 4 is 0 Å². The lowest BCUT2D eigenvalue weighted by Crippen LogP contribution is -2.61. The van der Waals surface area contributed by atoms with Crippen LogP contribution in [0.25, 0.3) is 0 Å². The second-order valence-electron chi connectivity index (χ2n) is 3.33. The van der Waals surface area contributed by atoms with E-state index >= 15 is 0 Å². The van der Waals surface area contributed by atoms with Gasteiger partial charge < -0.3 is 11.1 Å². The molecule has 0 bridgehead atoms. The van der Waals surface area contributed by atoms with E-state index in [0.29, 0.717) is 6.17 Å². The molecule has 1 aliphatic rings. The van der Waals surface area contributed by atoms with E-state index in [1.54, 1.807) is 0 Å². The molecule has 2 atom stereocenters. The third-order valence-electron chi connectivity index (χ3n) is 2.14. The summed E-state index contributed by atoms with van der Waals surface area (Å²) in [5.41, 5.74) is 5.77. The minimum Gasteiger partial charge on any atom is -0.329 e. The van der Waals surface area contributed by atoms with Gasteiger partial charge in [-0.2, -0.15) is 0 Å². The summed E-state index contributed by atoms with van der Waals surface area (Å²) in [6.45, 7) is 10.1. The van der Waals surface area contributed by atoms with Gasteiger partial charge in [-0.3, -0.25) is 5.32 Å². The molecule has 0 aromatic carbocycles. The van der Waals surface area contributed by atoms with E-state index in [-0.39, 0.29) is 5.54 Å². The summed E-state index contributed by atoms with van der Waals surface area (Å²) in [5.74, 6) is 0. The van der Waals surface area contributed by atoms with Gasteiger partial charge >= 0.3 is 0 Å². The van der Waals surface area contributed by atoms with E-state index in [2.05, 4.69) is 24.5 Å². The molecular weight excluding hydrogens is 150 g/mol. The first-order valence-corrected chi connectivity index (χ1v) is 4.87. The molecule has 4 N–H and O–H groups in total. The van der Waals surface area contributed by atoms with E-state index in [1.165, 1.54) is 0 Å². The van der Waals surface area contributed by atoms with Gasteiger partial charge in [0.25, 0.3) is 0 Å². The fourth-order valence-electron chi connectivity index (χ4n) is 1.37. The molecule has 12 heavy (non-hydrogen) atoms. The molecule has 0 saturated carbocycles. The Kier molecular flexibility index (Phi) is 5.46. The molecule has 3 heteroatoms. The lowest BCUT2D eigenvalue weighted by atomic mass is 9.95. The monoisotopic (exact) mass is 173 g/mol. The molecule has 0 aromatic rings. The fourth-order valence-corrected chi connectivity index (χ4v) is 1.37. The van der Waals surface area contributed by atoms with Gasteiger partial charge in [0.1, 0.15) is 0 Å². The van der Waals surface area contributed by atoms with Gasteiger partial charge in [-0.1, -0.05) is 13.8 Å². The van der Waals surface area contributed by atoms with Gasteiger partial charge in [-0.15, -0.1) is 0 Å². The minimum absolute atomic E-state index is 0.157. The predicted molar refractivity (Wildman–Crippen MR) is 54.0 cm³/mol. The van der Waals surface area contributed by atoms with Gasteiger partial charge in [0.2, 0.25) is 0 Å². The summed E-state index contributed by atoms with van der Waals surface area (Å²) >= 11 is 0. The molecule has 1 rings (SSSR count). The average molecular weight is 173 g/mol. The standard InChI is InChI=1S/C7H17N3.C2H6/c1-6-9-4-3-7(2,5-8)10-6;1-2/h6,9-10H,3-5,8H2,1-2H3;1-2H3. The van der Waals surface area contributed by atoms with Crippen LogP contribution >= 0.6 is 0 Å². The molecule has 1 fully saturated rings. The highest BCUT2D eigenvalue weighted by atomic mass is 15.2. The van der Waals surface area contributed by atoms with E-state index in [9.17, 15) is 0 Å². The maximum atomic E-state index is 5.61. The zero-order valence-corrected chi connectivity index (χ0v) is 8.78. The Bertz CT molecular complexity index is 116. The van der Waals surface area contributed by atoms with Crippen LogP contribution in [0.2, 0.25) is 0 Å². The number of nitrogens with two attached hydrogens (primary N) is 1. The summed E-state index contributed by atoms with van der Waals surface area (Å²) in [4.78, 5) is 0. The van der Waals surface area contributed by atoms with Crippen molar-refractivity contribution in [3.05, 3.63) is 0 Å². The lowest BCUT2D eigenvalue weighted by molar-refractivity contribution is 0.228. The maximum Gasteiger partial charge on any atom is 0.0547 e. The molecule has 0 radical (unpaired) electrons. The van der Waals surface area contributed by atoms with E-state index in [1.807, 2.05) is 13.8 Å². The van der Waals surface area contributed by atoms with Crippen molar-refractivity contribution in [2.24, 2.45) is 5.73 Å². The molecule has 74 valence electrons. The molecule has 1 saturated heterocycles. The number of hydrogen-bond acceptors (Lipinski definition) is 3. The Hall–Kier alpha value is -0.120. The van der Waals surface area contributed by atoms with Crippen molar-refractivity contribution in [1.29, 1.82) is 0 Å². The predicted octanol–water partition coefficient (Wildman–Crippen LogP) is 0.659. The SMILES string of the molecule is CC.CC1NCCC(C)(CN)N1. The van der Waals surface area contributed by atoms with E-state index in [4.69, 9.17) is 5.73 Å². The van der Waals surface area contributed by atoms with Crippen molar-refractivity contribution in [3.63, 3.8) is 0 Å². The normalized spacial score (nSPS) is 35.2. The molecule has 0 spiro atoms. The van der Waals surface area contributed by atoms with Crippen molar-refractivity contribution in [3.8, 4) is 0 Å². The van der Waals surface area contributed by atoms with Crippen LogP contribution in [0.1, 0.15) is 34.1 Å². The molecule has 0 aliphatic carbocycles. The van der Waals surface area contributed by atoms with Crippen LogP contribution in [0, 0.1) is 0 Å². The van der Waals surface area contributed by atoms with Crippen LogP contribution in [0.3, 0.4) is 0 Å². The van der Waals surface area contributed by atoms with E-state index in [0.717, 1.165) is 19.5 Å². The van der Waals surface area contributed by atoms with Crippen LogP contribution in [0.4, 0.5) is 0 Å².